The van der Waals surface area contributed by atoms with Gasteiger partial charge in [0.1, 0.15) is 11.4 Å². The van der Waals surface area contributed by atoms with Crippen LogP contribution in [0, 0.1) is 0 Å². The summed E-state index contributed by atoms with van der Waals surface area (Å²) < 4.78 is 6.11. The summed E-state index contributed by atoms with van der Waals surface area (Å²) in [6, 6.07) is 14.4. The van der Waals surface area contributed by atoms with E-state index in [9.17, 15) is 9.90 Å². The van der Waals surface area contributed by atoms with Gasteiger partial charge in [0, 0.05) is 31.7 Å². The van der Waals surface area contributed by atoms with Gasteiger partial charge in [-0.05, 0) is 31.2 Å². The molecule has 2 aromatic rings. The van der Waals surface area contributed by atoms with E-state index in [1.165, 1.54) is 0 Å². The van der Waals surface area contributed by atoms with Crippen LogP contribution in [0.1, 0.15) is 12.5 Å². The van der Waals surface area contributed by atoms with Gasteiger partial charge in [0.15, 0.2) is 10.6 Å². The number of carbonyl (C=O) groups is 1. The first-order valence-corrected chi connectivity index (χ1v) is 10.4. The molecule has 1 fully saturated rings. The first-order chi connectivity index (χ1) is 14.5. The number of aliphatic hydroxyl groups is 1. The van der Waals surface area contributed by atoms with Crippen molar-refractivity contribution in [2.24, 2.45) is 4.99 Å². The number of amides is 1. The Morgan fingerprint density at radius 1 is 1.27 bits per heavy atom. The van der Waals surface area contributed by atoms with Gasteiger partial charge in [0.05, 0.1) is 17.9 Å². The van der Waals surface area contributed by atoms with Gasteiger partial charge in [-0.3, -0.25) is 4.79 Å². The Labute approximate surface area is 180 Å². The first kappa shape index (κ1) is 20.8. The molecule has 158 valence electrons. The molecule has 2 aromatic carbocycles. The van der Waals surface area contributed by atoms with Crippen molar-refractivity contribution >= 4 is 28.9 Å². The van der Waals surface area contributed by atoms with Crippen molar-refractivity contribution < 1.29 is 14.6 Å². The van der Waals surface area contributed by atoms with Crippen molar-refractivity contribution in [3.8, 4) is 11.5 Å². The number of hydrogen-bond acceptors (Lipinski definition) is 6. The number of aliphatic imine (C=N–C) groups is 1. The Morgan fingerprint density at radius 2 is 2.00 bits per heavy atom. The maximum absolute atomic E-state index is 13.5. The highest BCUT2D eigenvalue weighted by atomic mass is 35.5. The Hall–Kier alpha value is -2.45. The average molecular weight is 429 g/mol. The molecule has 4 rings (SSSR count). The minimum atomic E-state index is -1.53. The lowest BCUT2D eigenvalue weighted by Crippen LogP contribution is -2.66. The molecule has 2 heterocycles. The number of alkyl halides is 1. The maximum Gasteiger partial charge on any atom is 0.249 e. The van der Waals surface area contributed by atoms with Crippen LogP contribution in [0.3, 0.4) is 0 Å². The van der Waals surface area contributed by atoms with Crippen LogP contribution in [0.2, 0.25) is 0 Å². The van der Waals surface area contributed by atoms with E-state index in [1.54, 1.807) is 6.92 Å². The van der Waals surface area contributed by atoms with E-state index in [0.29, 0.717) is 41.6 Å². The van der Waals surface area contributed by atoms with Crippen LogP contribution in [-0.2, 0) is 4.79 Å². The summed E-state index contributed by atoms with van der Waals surface area (Å²) in [5, 5.41) is 19.1. The van der Waals surface area contributed by atoms with Crippen LogP contribution in [0.15, 0.2) is 53.5 Å². The van der Waals surface area contributed by atoms with E-state index >= 15 is 0 Å². The number of carbonyl (C=O) groups excluding carboxylic acids is 1. The van der Waals surface area contributed by atoms with E-state index in [0.717, 1.165) is 6.54 Å². The molecule has 0 aliphatic carbocycles. The third-order valence-electron chi connectivity index (χ3n) is 5.21. The molecule has 0 bridgehead atoms. The van der Waals surface area contributed by atoms with Gasteiger partial charge >= 0.3 is 0 Å². The van der Waals surface area contributed by atoms with Crippen LogP contribution >= 0.6 is 11.6 Å². The summed E-state index contributed by atoms with van der Waals surface area (Å²) in [5.74, 6) is 0.760. The van der Waals surface area contributed by atoms with Gasteiger partial charge in [0.25, 0.3) is 0 Å². The molecule has 2 aliphatic rings. The van der Waals surface area contributed by atoms with Crippen LogP contribution in [0.4, 0.5) is 5.69 Å². The molecule has 30 heavy (non-hydrogen) atoms. The SMILES string of the molecule is C[C@@H](O)CNC(=O)C(Cl)(C1=Nc2ccccc2Oc2ccccc21)C1CNCCN1. The van der Waals surface area contributed by atoms with Gasteiger partial charge < -0.3 is 25.8 Å². The van der Waals surface area contributed by atoms with Crippen LogP contribution < -0.4 is 20.7 Å². The molecule has 8 heteroatoms. The zero-order valence-electron chi connectivity index (χ0n) is 16.7. The lowest BCUT2D eigenvalue weighted by atomic mass is 9.86. The topological polar surface area (TPSA) is 95.0 Å². The van der Waals surface area contributed by atoms with Crippen molar-refractivity contribution in [3.63, 3.8) is 0 Å². The molecule has 0 saturated carbocycles. The number of para-hydroxylation sites is 3. The monoisotopic (exact) mass is 428 g/mol. The predicted octanol–water partition coefficient (Wildman–Crippen LogP) is 1.95. The third-order valence-corrected chi connectivity index (χ3v) is 5.83. The molecule has 3 atom stereocenters. The standard InChI is InChI=1S/C22H25ClN4O3/c1-14(28)12-26-21(29)22(23,19-13-24-10-11-25-19)20-15-6-2-4-8-17(15)30-18-9-5-3-7-16(18)27-20/h2-9,14,19,24-25,28H,10-13H2,1H3,(H,26,29)/t14-,19?,22?/m1/s1. The summed E-state index contributed by atoms with van der Waals surface area (Å²) in [6.45, 7) is 3.66. The summed E-state index contributed by atoms with van der Waals surface area (Å²) in [6.07, 6.45) is -0.695. The number of halogens is 1. The van der Waals surface area contributed by atoms with E-state index < -0.39 is 22.9 Å². The second-order valence-corrected chi connectivity index (χ2v) is 8.10. The lowest BCUT2D eigenvalue weighted by Gasteiger charge is -2.38. The van der Waals surface area contributed by atoms with Gasteiger partial charge in [-0.25, -0.2) is 4.99 Å². The lowest BCUT2D eigenvalue weighted by molar-refractivity contribution is -0.123. The van der Waals surface area contributed by atoms with Crippen LogP contribution in [0.25, 0.3) is 0 Å². The fourth-order valence-electron chi connectivity index (χ4n) is 3.70. The zero-order valence-corrected chi connectivity index (χ0v) is 17.4. The maximum atomic E-state index is 13.5. The number of fused-ring (bicyclic) bond motifs is 2. The number of aliphatic hydroxyl groups excluding tert-OH is 1. The van der Waals surface area contributed by atoms with Gasteiger partial charge in [-0.1, -0.05) is 35.9 Å². The van der Waals surface area contributed by atoms with Gasteiger partial charge in [0.2, 0.25) is 5.91 Å². The molecule has 2 unspecified atom stereocenters. The Morgan fingerprint density at radius 3 is 2.73 bits per heavy atom. The number of piperazine rings is 1. The molecule has 1 saturated heterocycles. The molecule has 7 nitrogen and oxygen atoms in total. The number of rotatable bonds is 5. The van der Waals surface area contributed by atoms with Crippen LogP contribution in [0.5, 0.6) is 11.5 Å². The number of ether oxygens (including phenoxy) is 1. The fourth-order valence-corrected chi connectivity index (χ4v) is 4.06. The van der Waals surface area contributed by atoms with E-state index in [4.69, 9.17) is 21.3 Å². The molecule has 0 spiro atoms. The predicted molar refractivity (Wildman–Crippen MR) is 117 cm³/mol. The molecule has 0 radical (unpaired) electrons. The smallest absolute Gasteiger partial charge is 0.249 e. The van der Waals surface area contributed by atoms with E-state index in [2.05, 4.69) is 16.0 Å². The fraction of sp³-hybridized carbons (Fsp3) is 0.364. The summed E-state index contributed by atoms with van der Waals surface area (Å²) in [4.78, 5) is 16.8. The summed E-state index contributed by atoms with van der Waals surface area (Å²) in [7, 11) is 0. The van der Waals surface area contributed by atoms with Gasteiger partial charge in [-0.2, -0.15) is 0 Å². The number of nitrogens with zero attached hydrogens (tertiary/aromatic N) is 1. The first-order valence-electron chi connectivity index (χ1n) is 10.0. The Balaban J connectivity index is 1.88. The zero-order chi connectivity index (χ0) is 21.1. The highest BCUT2D eigenvalue weighted by molar-refractivity contribution is 6.51. The normalized spacial score (nSPS) is 21.0. The quantitative estimate of drug-likeness (QED) is 0.546. The van der Waals surface area contributed by atoms with Crippen molar-refractivity contribution in [3.05, 3.63) is 54.1 Å². The summed E-state index contributed by atoms with van der Waals surface area (Å²) in [5.41, 5.74) is 1.66. The highest BCUT2D eigenvalue weighted by Gasteiger charge is 2.50. The minimum Gasteiger partial charge on any atom is -0.454 e. The second kappa shape index (κ2) is 8.73. The molecular weight excluding hydrogens is 404 g/mol. The third kappa shape index (κ3) is 3.94. The van der Waals surface area contributed by atoms with Crippen LogP contribution in [-0.4, -0.2) is 59.9 Å². The highest BCUT2D eigenvalue weighted by Crippen LogP contribution is 2.41. The van der Waals surface area contributed by atoms with Crippen molar-refractivity contribution in [2.75, 3.05) is 26.2 Å². The van der Waals surface area contributed by atoms with E-state index in [-0.39, 0.29) is 6.54 Å². The van der Waals surface area contributed by atoms with E-state index in [1.807, 2.05) is 48.5 Å². The molecule has 2 aliphatic heterocycles. The second-order valence-electron chi connectivity index (χ2n) is 7.51. The number of nitrogens with one attached hydrogen (secondary N) is 3. The molecular formula is C22H25ClN4O3. The van der Waals surface area contributed by atoms with Crippen molar-refractivity contribution in [2.45, 2.75) is 23.9 Å². The Bertz CT molecular complexity index is 959. The summed E-state index contributed by atoms with van der Waals surface area (Å²) >= 11 is 7.22. The average Bonchev–Trinajstić information content (AvgIpc) is 2.94. The molecule has 0 aromatic heterocycles. The Kier molecular flexibility index (Phi) is 6.06. The number of hydrogen-bond donors (Lipinski definition) is 4. The number of benzene rings is 2. The largest absolute Gasteiger partial charge is 0.454 e. The van der Waals surface area contributed by atoms with Gasteiger partial charge in [-0.15, -0.1) is 0 Å². The molecule has 1 amide bonds. The van der Waals surface area contributed by atoms with Crippen molar-refractivity contribution in [1.82, 2.24) is 16.0 Å². The minimum absolute atomic E-state index is 0.0927. The van der Waals surface area contributed by atoms with Crippen molar-refractivity contribution in [1.29, 1.82) is 0 Å². The molecule has 4 N–H and O–H groups in total.